The summed E-state index contributed by atoms with van der Waals surface area (Å²) < 4.78 is 0. The molecule has 4 heteroatoms. The number of rotatable bonds is 8. The first-order valence-corrected chi connectivity index (χ1v) is 8.75. The van der Waals surface area contributed by atoms with Crippen molar-refractivity contribution < 1.29 is 0 Å². The first kappa shape index (κ1) is 16.5. The highest BCUT2D eigenvalue weighted by Gasteiger charge is 2.31. The maximum atomic E-state index is 6.28. The van der Waals surface area contributed by atoms with E-state index in [1.807, 2.05) is 36.0 Å². The second-order valence-electron chi connectivity index (χ2n) is 4.33. The van der Waals surface area contributed by atoms with Crippen LogP contribution in [0.5, 0.6) is 0 Å². The second kappa shape index (κ2) is 8.58. The van der Waals surface area contributed by atoms with E-state index in [-0.39, 0.29) is 5.41 Å². The van der Waals surface area contributed by atoms with Crippen molar-refractivity contribution in [3.8, 4) is 0 Å². The predicted molar refractivity (Wildman–Crippen MR) is 86.8 cm³/mol. The molecule has 0 aliphatic carbocycles. The molecule has 102 valence electrons. The number of hydrogen-bond acceptors (Lipinski definition) is 1. The van der Waals surface area contributed by atoms with E-state index in [4.69, 9.17) is 34.8 Å². The van der Waals surface area contributed by atoms with Crippen LogP contribution in [0.1, 0.15) is 25.3 Å². The average molecular weight is 326 g/mol. The molecule has 0 atom stereocenters. The van der Waals surface area contributed by atoms with Gasteiger partial charge in [0.15, 0.2) is 0 Å². The summed E-state index contributed by atoms with van der Waals surface area (Å²) in [6.07, 6.45) is 2.10. The molecule has 0 fully saturated rings. The minimum Gasteiger partial charge on any atom is -0.162 e. The molecule has 0 N–H and O–H groups in total. The van der Waals surface area contributed by atoms with Gasteiger partial charge in [-0.2, -0.15) is 11.8 Å². The van der Waals surface area contributed by atoms with Gasteiger partial charge in [-0.15, -0.1) is 23.2 Å². The highest BCUT2D eigenvalue weighted by atomic mass is 35.5. The molecule has 1 aromatic carbocycles. The Labute approximate surface area is 129 Å². The van der Waals surface area contributed by atoms with Gasteiger partial charge in [0.25, 0.3) is 0 Å². The standard InChI is InChI=1S/C14H19Cl3S/c1-2-18-9-5-8-14(10-15,11-16)12-6-3-4-7-13(12)17/h3-4,6-7H,2,5,8-11H2,1H3. The molecule has 0 radical (unpaired) electrons. The van der Waals surface area contributed by atoms with Crippen molar-refractivity contribution in [1.29, 1.82) is 0 Å². The van der Waals surface area contributed by atoms with Crippen LogP contribution in [0.2, 0.25) is 5.02 Å². The van der Waals surface area contributed by atoms with E-state index < -0.39 is 0 Å². The molecule has 1 rings (SSSR count). The number of benzene rings is 1. The van der Waals surface area contributed by atoms with Crippen LogP contribution in [-0.4, -0.2) is 23.3 Å². The zero-order chi connectivity index (χ0) is 13.4. The average Bonchev–Trinajstić information content (AvgIpc) is 2.41. The quantitative estimate of drug-likeness (QED) is 0.443. The van der Waals surface area contributed by atoms with E-state index in [1.165, 1.54) is 0 Å². The van der Waals surface area contributed by atoms with E-state index in [9.17, 15) is 0 Å². The maximum Gasteiger partial charge on any atom is 0.0444 e. The van der Waals surface area contributed by atoms with Crippen molar-refractivity contribution in [3.05, 3.63) is 34.9 Å². The van der Waals surface area contributed by atoms with Gasteiger partial charge in [0, 0.05) is 22.2 Å². The summed E-state index contributed by atoms with van der Waals surface area (Å²) in [6.45, 7) is 2.18. The van der Waals surface area contributed by atoms with Crippen molar-refractivity contribution in [2.75, 3.05) is 23.3 Å². The molecule has 0 aliphatic rings. The van der Waals surface area contributed by atoms with Crippen LogP contribution >= 0.6 is 46.6 Å². The van der Waals surface area contributed by atoms with Gasteiger partial charge >= 0.3 is 0 Å². The Hall–Kier alpha value is 0.440. The van der Waals surface area contributed by atoms with Crippen LogP contribution < -0.4 is 0 Å². The minimum atomic E-state index is -0.199. The first-order valence-electron chi connectivity index (χ1n) is 6.15. The molecular formula is C14H19Cl3S. The van der Waals surface area contributed by atoms with Gasteiger partial charge in [-0.3, -0.25) is 0 Å². The summed E-state index contributed by atoms with van der Waals surface area (Å²) in [6, 6.07) is 7.88. The molecule has 0 bridgehead atoms. The monoisotopic (exact) mass is 324 g/mol. The Morgan fingerprint density at radius 2 is 1.83 bits per heavy atom. The SMILES string of the molecule is CCSCCCC(CCl)(CCl)c1ccccc1Cl. The number of hydrogen-bond donors (Lipinski definition) is 0. The van der Waals surface area contributed by atoms with Crippen LogP contribution in [0.3, 0.4) is 0 Å². The van der Waals surface area contributed by atoms with Crippen LogP contribution in [0.25, 0.3) is 0 Å². The lowest BCUT2D eigenvalue weighted by molar-refractivity contribution is 0.487. The van der Waals surface area contributed by atoms with Crippen molar-refractivity contribution in [3.63, 3.8) is 0 Å². The minimum absolute atomic E-state index is 0.199. The lowest BCUT2D eigenvalue weighted by atomic mass is 9.80. The van der Waals surface area contributed by atoms with E-state index >= 15 is 0 Å². The molecule has 1 aromatic rings. The second-order valence-corrected chi connectivity index (χ2v) is 6.66. The van der Waals surface area contributed by atoms with Crippen molar-refractivity contribution >= 4 is 46.6 Å². The summed E-state index contributed by atoms with van der Waals surface area (Å²) in [5, 5.41) is 0.766. The predicted octanol–water partition coefficient (Wildman–Crippen LogP) is 5.59. The topological polar surface area (TPSA) is 0 Å². The summed E-state index contributed by atoms with van der Waals surface area (Å²) in [5.74, 6) is 3.32. The molecule has 0 heterocycles. The number of alkyl halides is 2. The van der Waals surface area contributed by atoms with Gasteiger partial charge in [0.2, 0.25) is 0 Å². The fourth-order valence-electron chi connectivity index (χ4n) is 2.00. The van der Waals surface area contributed by atoms with Crippen molar-refractivity contribution in [1.82, 2.24) is 0 Å². The maximum absolute atomic E-state index is 6.28. The molecule has 0 nitrogen and oxygen atoms in total. The molecular weight excluding hydrogens is 307 g/mol. The Bertz CT molecular complexity index is 351. The van der Waals surface area contributed by atoms with Gasteiger partial charge in [-0.1, -0.05) is 36.7 Å². The largest absolute Gasteiger partial charge is 0.162 e. The summed E-state index contributed by atoms with van der Waals surface area (Å²) >= 11 is 20.6. The normalized spacial score (nSPS) is 11.8. The van der Waals surface area contributed by atoms with Crippen LogP contribution in [-0.2, 0) is 5.41 Å². The first-order chi connectivity index (χ1) is 8.70. The zero-order valence-electron chi connectivity index (χ0n) is 10.6. The molecule has 0 amide bonds. The highest BCUT2D eigenvalue weighted by molar-refractivity contribution is 7.99. The Morgan fingerprint density at radius 1 is 1.17 bits per heavy atom. The van der Waals surface area contributed by atoms with E-state index in [0.717, 1.165) is 34.9 Å². The highest BCUT2D eigenvalue weighted by Crippen LogP contribution is 2.37. The molecule has 0 aliphatic heterocycles. The molecule has 0 spiro atoms. The lowest BCUT2D eigenvalue weighted by Crippen LogP contribution is -2.31. The Balaban J connectivity index is 2.83. The number of thioether (sulfide) groups is 1. The molecule has 0 unspecified atom stereocenters. The van der Waals surface area contributed by atoms with Crippen LogP contribution in [0.15, 0.2) is 24.3 Å². The smallest absolute Gasteiger partial charge is 0.0444 e. The van der Waals surface area contributed by atoms with E-state index in [2.05, 4.69) is 6.92 Å². The van der Waals surface area contributed by atoms with Gasteiger partial charge in [0.1, 0.15) is 0 Å². The van der Waals surface area contributed by atoms with E-state index in [1.54, 1.807) is 0 Å². The summed E-state index contributed by atoms with van der Waals surface area (Å²) in [7, 11) is 0. The van der Waals surface area contributed by atoms with Crippen molar-refractivity contribution in [2.24, 2.45) is 0 Å². The van der Waals surface area contributed by atoms with Crippen molar-refractivity contribution in [2.45, 2.75) is 25.2 Å². The van der Waals surface area contributed by atoms with Crippen LogP contribution in [0.4, 0.5) is 0 Å². The summed E-state index contributed by atoms with van der Waals surface area (Å²) in [5.41, 5.74) is 0.883. The summed E-state index contributed by atoms with van der Waals surface area (Å²) in [4.78, 5) is 0. The zero-order valence-corrected chi connectivity index (χ0v) is 13.7. The molecule has 0 aromatic heterocycles. The van der Waals surface area contributed by atoms with Crippen LogP contribution in [0, 0.1) is 0 Å². The fourth-order valence-corrected chi connectivity index (χ4v) is 3.81. The molecule has 18 heavy (non-hydrogen) atoms. The third-order valence-corrected chi connectivity index (χ3v) is 5.44. The molecule has 0 saturated carbocycles. The fraction of sp³-hybridized carbons (Fsp3) is 0.571. The molecule has 0 saturated heterocycles. The van der Waals surface area contributed by atoms with Gasteiger partial charge in [0.05, 0.1) is 0 Å². The van der Waals surface area contributed by atoms with Gasteiger partial charge < -0.3 is 0 Å². The number of halogens is 3. The Kier molecular flexibility index (Phi) is 7.86. The Morgan fingerprint density at radius 3 is 2.39 bits per heavy atom. The third kappa shape index (κ3) is 4.23. The van der Waals surface area contributed by atoms with Gasteiger partial charge in [-0.05, 0) is 36.0 Å². The van der Waals surface area contributed by atoms with E-state index in [0.29, 0.717) is 11.8 Å². The lowest BCUT2D eigenvalue weighted by Gasteiger charge is -2.31. The third-order valence-electron chi connectivity index (χ3n) is 3.10. The van der Waals surface area contributed by atoms with Gasteiger partial charge in [-0.25, -0.2) is 0 Å².